The van der Waals surface area contributed by atoms with E-state index in [2.05, 4.69) is 10.3 Å². The standard InChI is InChI=1S/C24H22N2O4/c1-28-20-5-3-2-4-19(20)26-18-8-7-17(25-14-18)13-23(27)24(10-11-24)16-6-9-21-22(12-16)30-15-29-21/h2-9,12,14,26H,10-11,13,15H2,1H3. The lowest BCUT2D eigenvalue weighted by molar-refractivity contribution is -0.120. The van der Waals surface area contributed by atoms with Gasteiger partial charge in [-0.15, -0.1) is 0 Å². The van der Waals surface area contributed by atoms with Crippen molar-refractivity contribution < 1.29 is 19.0 Å². The van der Waals surface area contributed by atoms with Crippen molar-refractivity contribution in [3.8, 4) is 17.2 Å². The molecule has 1 N–H and O–H groups in total. The average molecular weight is 402 g/mol. The fourth-order valence-electron chi connectivity index (χ4n) is 3.89. The summed E-state index contributed by atoms with van der Waals surface area (Å²) in [5.74, 6) is 2.41. The Bertz CT molecular complexity index is 1090. The SMILES string of the molecule is COc1ccccc1Nc1ccc(CC(=O)C2(c3ccc4c(c3)OCO4)CC2)nc1. The molecule has 1 fully saturated rings. The van der Waals surface area contributed by atoms with E-state index in [1.54, 1.807) is 13.3 Å². The van der Waals surface area contributed by atoms with Gasteiger partial charge in [0.05, 0.1) is 30.1 Å². The zero-order valence-electron chi connectivity index (χ0n) is 16.7. The molecule has 0 bridgehead atoms. The molecule has 6 heteroatoms. The Morgan fingerprint density at radius 3 is 2.70 bits per heavy atom. The van der Waals surface area contributed by atoms with Gasteiger partial charge in [0.15, 0.2) is 11.5 Å². The van der Waals surface area contributed by atoms with E-state index in [4.69, 9.17) is 14.2 Å². The number of pyridine rings is 1. The first-order chi connectivity index (χ1) is 14.7. The van der Waals surface area contributed by atoms with Gasteiger partial charge in [0.25, 0.3) is 0 Å². The second-order valence-electron chi connectivity index (χ2n) is 7.61. The number of nitrogens with zero attached hydrogens (tertiary/aromatic N) is 1. The zero-order chi connectivity index (χ0) is 20.6. The summed E-state index contributed by atoms with van der Waals surface area (Å²) >= 11 is 0. The topological polar surface area (TPSA) is 69.7 Å². The Morgan fingerprint density at radius 1 is 1.10 bits per heavy atom. The van der Waals surface area contributed by atoms with Crippen LogP contribution in [0.15, 0.2) is 60.8 Å². The van der Waals surface area contributed by atoms with Gasteiger partial charge in [-0.05, 0) is 54.8 Å². The molecule has 1 aromatic heterocycles. The molecule has 0 atom stereocenters. The quantitative estimate of drug-likeness (QED) is 0.631. The highest BCUT2D eigenvalue weighted by atomic mass is 16.7. The minimum absolute atomic E-state index is 0.194. The molecule has 2 aromatic carbocycles. The molecular weight excluding hydrogens is 380 g/mol. The van der Waals surface area contributed by atoms with Crippen molar-refractivity contribution in [2.75, 3.05) is 19.2 Å². The van der Waals surface area contributed by atoms with Crippen molar-refractivity contribution in [1.29, 1.82) is 0 Å². The third-order valence-corrected chi connectivity index (χ3v) is 5.76. The third kappa shape index (κ3) is 3.34. The Hall–Kier alpha value is -3.54. The molecule has 1 saturated carbocycles. The van der Waals surface area contributed by atoms with E-state index in [9.17, 15) is 4.79 Å². The second kappa shape index (κ2) is 7.37. The summed E-state index contributed by atoms with van der Waals surface area (Å²) in [6, 6.07) is 17.3. The van der Waals surface area contributed by atoms with Crippen molar-refractivity contribution in [3.05, 3.63) is 72.1 Å². The largest absolute Gasteiger partial charge is 0.495 e. The van der Waals surface area contributed by atoms with Crippen LogP contribution in [0.2, 0.25) is 0 Å². The molecule has 3 aromatic rings. The van der Waals surface area contributed by atoms with Gasteiger partial charge in [-0.3, -0.25) is 9.78 Å². The van der Waals surface area contributed by atoms with E-state index >= 15 is 0 Å². The maximum atomic E-state index is 13.1. The van der Waals surface area contributed by atoms with Crippen LogP contribution in [0.3, 0.4) is 0 Å². The van der Waals surface area contributed by atoms with Gasteiger partial charge in [0.2, 0.25) is 6.79 Å². The maximum absolute atomic E-state index is 13.1. The predicted molar refractivity (Wildman–Crippen MR) is 113 cm³/mol. The Balaban J connectivity index is 1.28. The first-order valence-corrected chi connectivity index (χ1v) is 9.96. The molecule has 0 saturated heterocycles. The number of benzene rings is 2. The lowest BCUT2D eigenvalue weighted by atomic mass is 9.88. The number of rotatable bonds is 7. The first kappa shape index (κ1) is 18.5. The number of methoxy groups -OCH3 is 1. The molecule has 152 valence electrons. The van der Waals surface area contributed by atoms with Crippen molar-refractivity contribution in [1.82, 2.24) is 4.98 Å². The van der Waals surface area contributed by atoms with Crippen LogP contribution in [0, 0.1) is 0 Å². The summed E-state index contributed by atoms with van der Waals surface area (Å²) in [4.78, 5) is 17.6. The number of para-hydroxylation sites is 2. The van der Waals surface area contributed by atoms with Crippen LogP contribution in [0.4, 0.5) is 11.4 Å². The number of Topliss-reactive ketones (excluding diaryl/α,β-unsaturated/α-hetero) is 1. The summed E-state index contributed by atoms with van der Waals surface area (Å²) in [7, 11) is 1.64. The van der Waals surface area contributed by atoms with E-state index in [-0.39, 0.29) is 12.6 Å². The molecule has 1 aliphatic heterocycles. The summed E-state index contributed by atoms with van der Waals surface area (Å²) in [6.07, 6.45) is 3.77. The lowest BCUT2D eigenvalue weighted by Gasteiger charge is -2.15. The first-order valence-electron chi connectivity index (χ1n) is 9.96. The number of carbonyl (C=O) groups excluding carboxylic acids is 1. The number of ether oxygens (including phenoxy) is 3. The van der Waals surface area contributed by atoms with Crippen LogP contribution < -0.4 is 19.5 Å². The molecule has 1 aliphatic carbocycles. The fraction of sp³-hybridized carbons (Fsp3) is 0.250. The summed E-state index contributed by atoms with van der Waals surface area (Å²) in [5.41, 5.74) is 3.05. The van der Waals surface area contributed by atoms with Gasteiger partial charge in [0.1, 0.15) is 11.5 Å². The van der Waals surface area contributed by atoms with Crippen LogP contribution in [-0.4, -0.2) is 24.7 Å². The maximum Gasteiger partial charge on any atom is 0.231 e. The zero-order valence-corrected chi connectivity index (χ0v) is 16.7. The van der Waals surface area contributed by atoms with Crippen molar-refractivity contribution in [2.45, 2.75) is 24.7 Å². The van der Waals surface area contributed by atoms with E-state index in [0.29, 0.717) is 6.42 Å². The van der Waals surface area contributed by atoms with Gasteiger partial charge < -0.3 is 19.5 Å². The van der Waals surface area contributed by atoms with E-state index in [0.717, 1.165) is 52.7 Å². The van der Waals surface area contributed by atoms with E-state index in [1.807, 2.05) is 54.6 Å². The minimum Gasteiger partial charge on any atom is -0.495 e. The number of ketones is 1. The predicted octanol–water partition coefficient (Wildman–Crippen LogP) is 4.41. The minimum atomic E-state index is -0.420. The van der Waals surface area contributed by atoms with Crippen LogP contribution in [0.25, 0.3) is 0 Å². The number of nitrogens with one attached hydrogen (secondary N) is 1. The Morgan fingerprint density at radius 2 is 1.93 bits per heavy atom. The van der Waals surface area contributed by atoms with Crippen molar-refractivity contribution in [2.24, 2.45) is 0 Å². The fourth-order valence-corrected chi connectivity index (χ4v) is 3.89. The number of carbonyl (C=O) groups is 1. The molecule has 0 unspecified atom stereocenters. The van der Waals surface area contributed by atoms with Crippen LogP contribution in [0.1, 0.15) is 24.1 Å². The normalized spacial score (nSPS) is 15.5. The van der Waals surface area contributed by atoms with E-state index < -0.39 is 5.41 Å². The molecule has 0 spiro atoms. The molecule has 30 heavy (non-hydrogen) atoms. The van der Waals surface area contributed by atoms with Gasteiger partial charge in [-0.2, -0.15) is 0 Å². The number of hydrogen-bond donors (Lipinski definition) is 1. The highest BCUT2D eigenvalue weighted by Crippen LogP contribution is 2.51. The van der Waals surface area contributed by atoms with Crippen LogP contribution >= 0.6 is 0 Å². The molecule has 0 radical (unpaired) electrons. The summed E-state index contributed by atoms with van der Waals surface area (Å²) in [5, 5.41) is 3.30. The highest BCUT2D eigenvalue weighted by molar-refractivity contribution is 5.94. The third-order valence-electron chi connectivity index (χ3n) is 5.76. The summed E-state index contributed by atoms with van der Waals surface area (Å²) < 4.78 is 16.2. The average Bonchev–Trinajstić information content (AvgIpc) is 3.46. The second-order valence-corrected chi connectivity index (χ2v) is 7.61. The van der Waals surface area contributed by atoms with Gasteiger partial charge >= 0.3 is 0 Å². The molecule has 0 amide bonds. The van der Waals surface area contributed by atoms with E-state index in [1.165, 1.54) is 0 Å². The number of fused-ring (bicyclic) bond motifs is 1. The van der Waals surface area contributed by atoms with Crippen LogP contribution in [0.5, 0.6) is 17.2 Å². The van der Waals surface area contributed by atoms with Crippen molar-refractivity contribution in [3.63, 3.8) is 0 Å². The summed E-state index contributed by atoms with van der Waals surface area (Å²) in [6.45, 7) is 0.235. The molecular formula is C24H22N2O4. The lowest BCUT2D eigenvalue weighted by Crippen LogP contribution is -2.22. The Kier molecular flexibility index (Phi) is 4.54. The molecule has 2 heterocycles. The van der Waals surface area contributed by atoms with Gasteiger partial charge in [0, 0.05) is 12.1 Å². The smallest absolute Gasteiger partial charge is 0.231 e. The highest BCUT2D eigenvalue weighted by Gasteiger charge is 2.50. The molecule has 5 rings (SSSR count). The molecule has 6 nitrogen and oxygen atoms in total. The monoisotopic (exact) mass is 402 g/mol. The number of aromatic nitrogens is 1. The Labute approximate surface area is 174 Å². The number of hydrogen-bond acceptors (Lipinski definition) is 6. The van der Waals surface area contributed by atoms with Crippen molar-refractivity contribution >= 4 is 17.2 Å². The number of anilines is 2. The van der Waals surface area contributed by atoms with Gasteiger partial charge in [-0.25, -0.2) is 0 Å². The van der Waals surface area contributed by atoms with Crippen LogP contribution in [-0.2, 0) is 16.6 Å². The molecule has 2 aliphatic rings. The van der Waals surface area contributed by atoms with Gasteiger partial charge in [-0.1, -0.05) is 18.2 Å².